The van der Waals surface area contributed by atoms with Crippen molar-refractivity contribution in [2.45, 2.75) is 62.9 Å². The molecule has 2 amide bonds. The number of anilines is 1. The molecule has 2 fully saturated rings. The first kappa shape index (κ1) is 22.9. The normalized spacial score (nSPS) is 22.1. The van der Waals surface area contributed by atoms with Gasteiger partial charge in [0.1, 0.15) is 6.04 Å². The zero-order valence-corrected chi connectivity index (χ0v) is 19.9. The second-order valence-corrected chi connectivity index (χ2v) is 11.2. The van der Waals surface area contributed by atoms with Crippen LogP contribution in [0.25, 0.3) is 0 Å². The van der Waals surface area contributed by atoms with Gasteiger partial charge in [-0.05, 0) is 57.2 Å². The Hall–Kier alpha value is -2.30. The molecule has 172 valence electrons. The minimum absolute atomic E-state index is 0.0632. The van der Waals surface area contributed by atoms with E-state index in [2.05, 4.69) is 10.3 Å². The molecule has 32 heavy (non-hydrogen) atoms. The molecule has 1 N–H and O–H groups in total. The number of amides is 2. The van der Waals surface area contributed by atoms with Crippen LogP contribution in [0.5, 0.6) is 0 Å². The Labute approximate surface area is 192 Å². The topological polar surface area (TPSA) is 99.7 Å². The number of nitrogens with one attached hydrogen (secondary N) is 1. The predicted octanol–water partition coefficient (Wildman–Crippen LogP) is 3.26. The first-order valence-electron chi connectivity index (χ1n) is 10.9. The summed E-state index contributed by atoms with van der Waals surface area (Å²) in [7, 11) is -3.70. The summed E-state index contributed by atoms with van der Waals surface area (Å²) in [4.78, 5) is 31.9. The van der Waals surface area contributed by atoms with Crippen LogP contribution in [0.3, 0.4) is 0 Å². The highest BCUT2D eigenvalue weighted by Crippen LogP contribution is 2.28. The van der Waals surface area contributed by atoms with E-state index in [-0.39, 0.29) is 22.8 Å². The molecule has 8 nitrogen and oxygen atoms in total. The first-order chi connectivity index (χ1) is 15.3. The maximum Gasteiger partial charge on any atom is 0.254 e. The second kappa shape index (κ2) is 9.29. The summed E-state index contributed by atoms with van der Waals surface area (Å²) in [5.41, 5.74) is 1.01. The molecule has 10 heteroatoms. The number of nitrogens with zero attached hydrogens (tertiary/aromatic N) is 3. The number of piperidine rings is 1. The fourth-order valence-electron chi connectivity index (χ4n) is 4.47. The van der Waals surface area contributed by atoms with Crippen LogP contribution in [0, 0.1) is 6.92 Å². The number of hydrogen-bond acceptors (Lipinski definition) is 6. The highest BCUT2D eigenvalue weighted by molar-refractivity contribution is 7.89. The van der Waals surface area contributed by atoms with E-state index < -0.39 is 16.1 Å². The number of sulfonamides is 1. The average molecular weight is 477 g/mol. The highest BCUT2D eigenvalue weighted by Gasteiger charge is 2.36. The van der Waals surface area contributed by atoms with Gasteiger partial charge in [-0.15, -0.1) is 11.3 Å². The smallest absolute Gasteiger partial charge is 0.254 e. The van der Waals surface area contributed by atoms with Crippen LogP contribution in [-0.2, 0) is 14.8 Å². The largest absolute Gasteiger partial charge is 0.327 e. The fraction of sp³-hybridized carbons (Fsp3) is 0.500. The van der Waals surface area contributed by atoms with Crippen molar-refractivity contribution in [3.8, 4) is 0 Å². The molecule has 4 rings (SSSR count). The molecule has 2 atom stereocenters. The minimum atomic E-state index is -3.70. The Morgan fingerprint density at radius 2 is 1.97 bits per heavy atom. The van der Waals surface area contributed by atoms with E-state index in [4.69, 9.17) is 0 Å². The van der Waals surface area contributed by atoms with E-state index in [1.807, 2.05) is 6.92 Å². The molecule has 2 saturated heterocycles. The van der Waals surface area contributed by atoms with Crippen LogP contribution in [0.4, 0.5) is 5.13 Å². The number of aromatic nitrogens is 1. The van der Waals surface area contributed by atoms with Crippen molar-refractivity contribution in [3.05, 3.63) is 40.9 Å². The summed E-state index contributed by atoms with van der Waals surface area (Å²) >= 11 is 1.32. The van der Waals surface area contributed by atoms with Crippen molar-refractivity contribution in [3.63, 3.8) is 0 Å². The van der Waals surface area contributed by atoms with Crippen molar-refractivity contribution in [2.24, 2.45) is 0 Å². The maximum atomic E-state index is 13.4. The van der Waals surface area contributed by atoms with Crippen LogP contribution in [0.15, 0.2) is 34.7 Å². The molecule has 0 saturated carbocycles. The van der Waals surface area contributed by atoms with Gasteiger partial charge in [0, 0.05) is 36.3 Å². The molecule has 2 aliphatic rings. The van der Waals surface area contributed by atoms with Crippen LogP contribution >= 0.6 is 11.3 Å². The van der Waals surface area contributed by atoms with Crippen LogP contribution in [0.2, 0.25) is 0 Å². The standard InChI is InChI=1S/C22H28N4O4S2/c1-15-8-9-17(32(29,30)26-12-4-3-6-16(26)2)14-18(15)21(28)25-11-5-7-19(25)20(27)24-22-23-10-13-31-22/h8-10,13-14,16,19H,3-7,11-12H2,1-2H3,(H,23,24,27). The van der Waals surface area contributed by atoms with Gasteiger partial charge in [-0.2, -0.15) is 4.31 Å². The minimum Gasteiger partial charge on any atom is -0.327 e. The van der Waals surface area contributed by atoms with Crippen LogP contribution in [-0.4, -0.2) is 59.6 Å². The Morgan fingerprint density at radius 3 is 2.69 bits per heavy atom. The van der Waals surface area contributed by atoms with Gasteiger partial charge in [0.25, 0.3) is 5.91 Å². The van der Waals surface area contributed by atoms with E-state index in [9.17, 15) is 18.0 Å². The predicted molar refractivity (Wildman–Crippen MR) is 123 cm³/mol. The second-order valence-electron chi connectivity index (χ2n) is 8.42. The molecule has 2 aromatic rings. The lowest BCUT2D eigenvalue weighted by molar-refractivity contribution is -0.119. The van der Waals surface area contributed by atoms with Gasteiger partial charge in [-0.3, -0.25) is 9.59 Å². The average Bonchev–Trinajstić information content (AvgIpc) is 3.45. The molecule has 0 bridgehead atoms. The Morgan fingerprint density at radius 1 is 1.16 bits per heavy atom. The third-order valence-corrected chi connectivity index (χ3v) is 8.96. The van der Waals surface area contributed by atoms with Crippen molar-refractivity contribution in [1.29, 1.82) is 0 Å². The fourth-order valence-corrected chi connectivity index (χ4v) is 6.73. The van der Waals surface area contributed by atoms with Gasteiger partial charge in [-0.1, -0.05) is 12.5 Å². The molecular formula is C22H28N4O4S2. The van der Waals surface area contributed by atoms with Crippen LogP contribution in [0.1, 0.15) is 54.9 Å². The van der Waals surface area contributed by atoms with E-state index in [0.717, 1.165) is 19.3 Å². The van der Waals surface area contributed by atoms with Crippen molar-refractivity contribution < 1.29 is 18.0 Å². The van der Waals surface area contributed by atoms with Crippen molar-refractivity contribution >= 4 is 38.3 Å². The van der Waals surface area contributed by atoms with E-state index in [0.29, 0.717) is 42.2 Å². The lowest BCUT2D eigenvalue weighted by Gasteiger charge is -2.32. The van der Waals surface area contributed by atoms with Gasteiger partial charge < -0.3 is 10.2 Å². The number of aryl methyl sites for hydroxylation is 1. The summed E-state index contributed by atoms with van der Waals surface area (Å²) in [6.07, 6.45) is 5.57. The molecule has 3 heterocycles. The number of carbonyl (C=O) groups is 2. The third-order valence-electron chi connectivity index (χ3n) is 6.27. The number of likely N-dealkylation sites (tertiary alicyclic amines) is 1. The van der Waals surface area contributed by atoms with Gasteiger partial charge in [0.05, 0.1) is 4.90 Å². The lowest BCUT2D eigenvalue weighted by atomic mass is 10.1. The van der Waals surface area contributed by atoms with E-state index in [1.54, 1.807) is 35.5 Å². The quantitative estimate of drug-likeness (QED) is 0.714. The molecule has 0 aliphatic carbocycles. The molecule has 0 spiro atoms. The lowest BCUT2D eigenvalue weighted by Crippen LogP contribution is -2.43. The highest BCUT2D eigenvalue weighted by atomic mass is 32.2. The number of rotatable bonds is 5. The monoisotopic (exact) mass is 476 g/mol. The van der Waals surface area contributed by atoms with Crippen molar-refractivity contribution in [2.75, 3.05) is 18.4 Å². The van der Waals surface area contributed by atoms with Crippen LogP contribution < -0.4 is 5.32 Å². The maximum absolute atomic E-state index is 13.4. The van der Waals surface area contributed by atoms with Gasteiger partial charge >= 0.3 is 0 Å². The van der Waals surface area contributed by atoms with Gasteiger partial charge in [-0.25, -0.2) is 13.4 Å². The van der Waals surface area contributed by atoms with Gasteiger partial charge in [0.2, 0.25) is 15.9 Å². The molecule has 2 unspecified atom stereocenters. The summed E-state index contributed by atoms with van der Waals surface area (Å²) in [6.45, 7) is 4.65. The summed E-state index contributed by atoms with van der Waals surface area (Å²) in [6, 6.07) is 4.05. The number of benzene rings is 1. The molecule has 1 aromatic heterocycles. The molecule has 1 aromatic carbocycles. The Balaban J connectivity index is 1.59. The SMILES string of the molecule is Cc1ccc(S(=O)(=O)N2CCCCC2C)cc1C(=O)N1CCCC1C(=O)Nc1nccs1. The zero-order valence-electron chi connectivity index (χ0n) is 18.3. The number of thiazole rings is 1. The van der Waals surface area contributed by atoms with Crippen molar-refractivity contribution in [1.82, 2.24) is 14.2 Å². The first-order valence-corrected chi connectivity index (χ1v) is 13.2. The Bertz CT molecular complexity index is 1100. The summed E-state index contributed by atoms with van der Waals surface area (Å²) < 4.78 is 28.1. The zero-order chi connectivity index (χ0) is 22.9. The van der Waals surface area contributed by atoms with E-state index >= 15 is 0 Å². The molecular weight excluding hydrogens is 448 g/mol. The Kier molecular flexibility index (Phi) is 6.64. The summed E-state index contributed by atoms with van der Waals surface area (Å²) in [5, 5.41) is 5.03. The number of hydrogen-bond donors (Lipinski definition) is 1. The summed E-state index contributed by atoms with van der Waals surface area (Å²) in [5.74, 6) is -0.586. The molecule has 0 radical (unpaired) electrons. The number of carbonyl (C=O) groups excluding carboxylic acids is 2. The van der Waals surface area contributed by atoms with E-state index in [1.165, 1.54) is 21.7 Å². The van der Waals surface area contributed by atoms with Gasteiger partial charge in [0.15, 0.2) is 5.13 Å². The third kappa shape index (κ3) is 4.44. The molecule has 2 aliphatic heterocycles.